The van der Waals surface area contributed by atoms with Crippen LogP contribution in [0.15, 0.2) is 47.5 Å². The molecule has 0 atom stereocenters. The van der Waals surface area contributed by atoms with Crippen molar-refractivity contribution >= 4 is 39.9 Å². The van der Waals surface area contributed by atoms with E-state index < -0.39 is 0 Å². The molecule has 0 unspecified atom stereocenters. The summed E-state index contributed by atoms with van der Waals surface area (Å²) in [6.07, 6.45) is 0. The zero-order valence-electron chi connectivity index (χ0n) is 16.0. The van der Waals surface area contributed by atoms with Gasteiger partial charge in [-0.3, -0.25) is 4.79 Å². The topological polar surface area (TPSA) is 67.4 Å². The number of benzene rings is 2. The second-order valence-electron chi connectivity index (χ2n) is 6.77. The zero-order valence-corrected chi connectivity index (χ0v) is 16.8. The summed E-state index contributed by atoms with van der Waals surface area (Å²) >= 11 is 1.32. The fourth-order valence-corrected chi connectivity index (χ4v) is 3.95. The molecule has 6 nitrogen and oxygen atoms in total. The van der Waals surface area contributed by atoms with Crippen LogP contribution in [0.3, 0.4) is 0 Å². The SMILES string of the molecule is Cc1ccc(NC(=O)CSc2nnc(N3CCOCC3)c3ccccc23)cc1F. The number of ether oxygens (including phenoxy) is 1. The lowest BCUT2D eigenvalue weighted by Crippen LogP contribution is -2.37. The van der Waals surface area contributed by atoms with Gasteiger partial charge in [-0.25, -0.2) is 4.39 Å². The number of thioether (sulfide) groups is 1. The molecule has 1 N–H and O–H groups in total. The van der Waals surface area contributed by atoms with E-state index in [4.69, 9.17) is 4.74 Å². The first kappa shape index (κ1) is 19.6. The molecule has 1 aromatic heterocycles. The number of halogens is 1. The van der Waals surface area contributed by atoms with E-state index in [-0.39, 0.29) is 17.5 Å². The smallest absolute Gasteiger partial charge is 0.234 e. The van der Waals surface area contributed by atoms with Crippen LogP contribution in [-0.2, 0) is 9.53 Å². The predicted molar refractivity (Wildman–Crippen MR) is 113 cm³/mol. The lowest BCUT2D eigenvalue weighted by atomic mass is 10.2. The van der Waals surface area contributed by atoms with Crippen molar-refractivity contribution in [2.75, 3.05) is 42.3 Å². The average Bonchev–Trinajstić information content (AvgIpc) is 2.75. The Labute approximate surface area is 172 Å². The zero-order chi connectivity index (χ0) is 20.2. The Morgan fingerprint density at radius 3 is 2.69 bits per heavy atom. The van der Waals surface area contributed by atoms with Crippen LogP contribution in [0.25, 0.3) is 10.8 Å². The summed E-state index contributed by atoms with van der Waals surface area (Å²) in [5.41, 5.74) is 0.983. The third kappa shape index (κ3) is 4.49. The van der Waals surface area contributed by atoms with Crippen LogP contribution in [-0.4, -0.2) is 48.2 Å². The van der Waals surface area contributed by atoms with E-state index >= 15 is 0 Å². The van der Waals surface area contributed by atoms with Crippen molar-refractivity contribution in [2.24, 2.45) is 0 Å². The molecule has 0 aliphatic carbocycles. The van der Waals surface area contributed by atoms with E-state index in [1.165, 1.54) is 17.8 Å². The number of fused-ring (bicyclic) bond motifs is 1. The number of aryl methyl sites for hydroxylation is 1. The van der Waals surface area contributed by atoms with Gasteiger partial charge in [-0.2, -0.15) is 0 Å². The lowest BCUT2D eigenvalue weighted by molar-refractivity contribution is -0.113. The van der Waals surface area contributed by atoms with Crippen LogP contribution in [0.2, 0.25) is 0 Å². The maximum Gasteiger partial charge on any atom is 0.234 e. The van der Waals surface area contributed by atoms with Crippen LogP contribution in [0.5, 0.6) is 0 Å². The second-order valence-corrected chi connectivity index (χ2v) is 7.74. The first-order valence-electron chi connectivity index (χ1n) is 9.39. The highest BCUT2D eigenvalue weighted by Gasteiger charge is 2.18. The highest BCUT2D eigenvalue weighted by molar-refractivity contribution is 8.00. The Kier molecular flexibility index (Phi) is 5.92. The number of aromatic nitrogens is 2. The van der Waals surface area contributed by atoms with Gasteiger partial charge in [0.2, 0.25) is 5.91 Å². The first-order chi connectivity index (χ1) is 14.1. The summed E-state index contributed by atoms with van der Waals surface area (Å²) in [5, 5.41) is 14.2. The van der Waals surface area contributed by atoms with Crippen molar-refractivity contribution in [3.63, 3.8) is 0 Å². The molecule has 0 spiro atoms. The molecule has 1 aliphatic heterocycles. The second kappa shape index (κ2) is 8.75. The van der Waals surface area contributed by atoms with Crippen molar-refractivity contribution in [1.29, 1.82) is 0 Å². The number of hydrogen-bond donors (Lipinski definition) is 1. The van der Waals surface area contributed by atoms with Crippen LogP contribution >= 0.6 is 11.8 Å². The number of amides is 1. The molecule has 150 valence electrons. The summed E-state index contributed by atoms with van der Waals surface area (Å²) in [7, 11) is 0. The van der Waals surface area contributed by atoms with Crippen LogP contribution in [0.1, 0.15) is 5.56 Å². The molecule has 1 fully saturated rings. The van der Waals surface area contributed by atoms with E-state index in [0.717, 1.165) is 29.7 Å². The Morgan fingerprint density at radius 2 is 1.93 bits per heavy atom. The molecule has 3 aromatic rings. The van der Waals surface area contributed by atoms with Gasteiger partial charge in [-0.1, -0.05) is 42.1 Å². The fraction of sp³-hybridized carbons (Fsp3) is 0.286. The predicted octanol–water partition coefficient (Wildman–Crippen LogP) is 3.64. The van der Waals surface area contributed by atoms with Gasteiger partial charge in [0, 0.05) is 29.5 Å². The van der Waals surface area contributed by atoms with Crippen LogP contribution in [0, 0.1) is 12.7 Å². The molecule has 1 saturated heterocycles. The molecule has 8 heteroatoms. The molecule has 1 amide bonds. The quantitative estimate of drug-likeness (QED) is 0.646. The number of carbonyl (C=O) groups excluding carboxylic acids is 1. The van der Waals surface area contributed by atoms with E-state index in [1.807, 2.05) is 24.3 Å². The number of carbonyl (C=O) groups is 1. The van der Waals surface area contributed by atoms with E-state index in [9.17, 15) is 9.18 Å². The lowest BCUT2D eigenvalue weighted by Gasteiger charge is -2.28. The van der Waals surface area contributed by atoms with Crippen LogP contribution < -0.4 is 10.2 Å². The number of anilines is 2. The van der Waals surface area contributed by atoms with Crippen molar-refractivity contribution in [1.82, 2.24) is 10.2 Å². The number of nitrogens with zero attached hydrogens (tertiary/aromatic N) is 3. The van der Waals surface area contributed by atoms with E-state index in [2.05, 4.69) is 20.4 Å². The molecule has 0 bridgehead atoms. The maximum atomic E-state index is 13.7. The van der Waals surface area contributed by atoms with Gasteiger partial charge in [-0.05, 0) is 24.6 Å². The normalized spacial score (nSPS) is 14.2. The third-order valence-corrected chi connectivity index (χ3v) is 5.72. The largest absolute Gasteiger partial charge is 0.378 e. The van der Waals surface area contributed by atoms with Gasteiger partial charge in [-0.15, -0.1) is 10.2 Å². The average molecular weight is 412 g/mol. The maximum absolute atomic E-state index is 13.7. The van der Waals surface area contributed by atoms with Crippen LogP contribution in [0.4, 0.5) is 15.9 Å². The monoisotopic (exact) mass is 412 g/mol. The first-order valence-corrected chi connectivity index (χ1v) is 10.4. The Morgan fingerprint density at radius 1 is 1.17 bits per heavy atom. The van der Waals surface area contributed by atoms with Gasteiger partial charge < -0.3 is 15.0 Å². The van der Waals surface area contributed by atoms with Gasteiger partial charge in [0.25, 0.3) is 0 Å². The van der Waals surface area contributed by atoms with E-state index in [0.29, 0.717) is 29.5 Å². The Balaban J connectivity index is 1.49. The summed E-state index contributed by atoms with van der Waals surface area (Å²) in [4.78, 5) is 14.5. The Hall–Kier alpha value is -2.71. The molecule has 2 aromatic carbocycles. The van der Waals surface area contributed by atoms with E-state index in [1.54, 1.807) is 19.1 Å². The van der Waals surface area contributed by atoms with Gasteiger partial charge >= 0.3 is 0 Å². The number of hydrogen-bond acceptors (Lipinski definition) is 6. The minimum atomic E-state index is -0.342. The highest BCUT2D eigenvalue weighted by Crippen LogP contribution is 2.31. The van der Waals surface area contributed by atoms with Crippen molar-refractivity contribution < 1.29 is 13.9 Å². The standard InChI is InChI=1S/C21H21FN4O2S/c1-14-6-7-15(12-18(14)22)23-19(27)13-29-21-17-5-3-2-4-16(17)20(24-25-21)26-8-10-28-11-9-26/h2-7,12H,8-11,13H2,1H3,(H,23,27). The fourth-order valence-electron chi connectivity index (χ4n) is 3.18. The number of nitrogens with one attached hydrogen (secondary N) is 1. The van der Waals surface area contributed by atoms with Gasteiger partial charge in [0.1, 0.15) is 10.8 Å². The molecule has 2 heterocycles. The summed E-state index contributed by atoms with van der Waals surface area (Å²) < 4.78 is 19.1. The molecule has 0 radical (unpaired) electrons. The molecule has 4 rings (SSSR count). The third-order valence-electron chi connectivity index (χ3n) is 4.74. The molecule has 0 saturated carbocycles. The highest BCUT2D eigenvalue weighted by atomic mass is 32.2. The van der Waals surface area contributed by atoms with Crippen molar-refractivity contribution in [2.45, 2.75) is 11.9 Å². The molecular formula is C21H21FN4O2S. The number of rotatable bonds is 5. The number of morpholine rings is 1. The van der Waals surface area contributed by atoms with Crippen molar-refractivity contribution in [3.8, 4) is 0 Å². The molecule has 1 aliphatic rings. The summed E-state index contributed by atoms with van der Waals surface area (Å²) in [5.74, 6) is 0.436. The Bertz CT molecular complexity index is 1040. The molecule has 29 heavy (non-hydrogen) atoms. The summed E-state index contributed by atoms with van der Waals surface area (Å²) in [6.45, 7) is 4.58. The minimum Gasteiger partial charge on any atom is -0.378 e. The molecular weight excluding hydrogens is 391 g/mol. The van der Waals surface area contributed by atoms with Crippen molar-refractivity contribution in [3.05, 3.63) is 53.8 Å². The minimum absolute atomic E-state index is 0.158. The van der Waals surface area contributed by atoms with Gasteiger partial charge in [0.15, 0.2) is 5.82 Å². The van der Waals surface area contributed by atoms with Gasteiger partial charge in [0.05, 0.1) is 19.0 Å². The summed E-state index contributed by atoms with van der Waals surface area (Å²) in [6, 6.07) is 12.6.